The van der Waals surface area contributed by atoms with Crippen LogP contribution in [0, 0.1) is 0 Å². The summed E-state index contributed by atoms with van der Waals surface area (Å²) in [6.07, 6.45) is 1.32. The normalized spacial score (nSPS) is 11.7. The summed E-state index contributed by atoms with van der Waals surface area (Å²) in [5.41, 5.74) is 0.0238. The molecule has 1 aromatic heterocycles. The van der Waals surface area contributed by atoms with Gasteiger partial charge in [-0.3, -0.25) is 5.10 Å². The third kappa shape index (κ3) is 3.47. The number of hydrogen-bond acceptors (Lipinski definition) is 5. The number of aromatic nitrogens is 3. The number of nitrogens with zero attached hydrogens (tertiary/aromatic N) is 2. The van der Waals surface area contributed by atoms with Crippen LogP contribution < -0.4 is 10.6 Å². The average Bonchev–Trinajstić information content (AvgIpc) is 2.94. The van der Waals surface area contributed by atoms with E-state index >= 15 is 0 Å². The molecule has 0 spiro atoms. The van der Waals surface area contributed by atoms with Gasteiger partial charge in [0.25, 0.3) is 0 Å². The number of urea groups is 1. The lowest BCUT2D eigenvalue weighted by molar-refractivity contribution is 0.0696. The third-order valence-corrected chi connectivity index (χ3v) is 2.68. The van der Waals surface area contributed by atoms with E-state index in [-0.39, 0.29) is 17.0 Å². The number of amides is 2. The molecule has 0 radical (unpaired) electrons. The number of nitrogens with one attached hydrogen (secondary N) is 3. The summed E-state index contributed by atoms with van der Waals surface area (Å²) in [7, 11) is 0. The Morgan fingerprint density at radius 1 is 1.38 bits per heavy atom. The number of benzene rings is 1. The zero-order valence-corrected chi connectivity index (χ0v) is 11.0. The summed E-state index contributed by atoms with van der Waals surface area (Å²) in [5.74, 6) is -1.02. The molecule has 5 N–H and O–H groups in total. The van der Waals surface area contributed by atoms with Crippen LogP contribution in [-0.4, -0.2) is 37.4 Å². The number of H-pyrrole nitrogens is 1. The first-order valence-electron chi connectivity index (χ1n) is 5.96. The van der Waals surface area contributed by atoms with Gasteiger partial charge in [0.05, 0.1) is 17.3 Å². The molecule has 110 valence electrons. The second-order valence-corrected chi connectivity index (χ2v) is 4.23. The van der Waals surface area contributed by atoms with Crippen LogP contribution in [0.3, 0.4) is 0 Å². The fraction of sp³-hybridized carbons (Fsp3) is 0.167. The number of carbonyl (C=O) groups is 2. The van der Waals surface area contributed by atoms with E-state index in [9.17, 15) is 14.7 Å². The Kier molecular flexibility index (Phi) is 4.02. The monoisotopic (exact) mass is 291 g/mol. The number of carboxylic acids is 1. The van der Waals surface area contributed by atoms with Crippen LogP contribution in [0.25, 0.3) is 0 Å². The van der Waals surface area contributed by atoms with E-state index < -0.39 is 18.0 Å². The maximum absolute atomic E-state index is 11.8. The molecule has 9 heteroatoms. The van der Waals surface area contributed by atoms with Crippen molar-refractivity contribution in [3.8, 4) is 5.75 Å². The van der Waals surface area contributed by atoms with Gasteiger partial charge >= 0.3 is 12.0 Å². The first-order valence-corrected chi connectivity index (χ1v) is 5.96. The number of carbonyl (C=O) groups excluding carboxylic acids is 1. The SMILES string of the molecule is CC(NC(=O)Nc1ccc(C(=O)O)cc1O)c1ncn[nH]1. The van der Waals surface area contributed by atoms with Crippen molar-refractivity contribution in [2.24, 2.45) is 0 Å². The molecule has 2 amide bonds. The van der Waals surface area contributed by atoms with Crippen LogP contribution in [-0.2, 0) is 0 Å². The molecule has 9 nitrogen and oxygen atoms in total. The topological polar surface area (TPSA) is 140 Å². The van der Waals surface area contributed by atoms with Gasteiger partial charge in [0.1, 0.15) is 17.9 Å². The number of aromatic carboxylic acids is 1. The molecule has 0 aliphatic rings. The molecule has 0 bridgehead atoms. The quantitative estimate of drug-likeness (QED) is 0.534. The van der Waals surface area contributed by atoms with Gasteiger partial charge in [-0.1, -0.05) is 0 Å². The minimum Gasteiger partial charge on any atom is -0.506 e. The van der Waals surface area contributed by atoms with Gasteiger partial charge in [-0.05, 0) is 25.1 Å². The van der Waals surface area contributed by atoms with Crippen molar-refractivity contribution in [3.63, 3.8) is 0 Å². The van der Waals surface area contributed by atoms with E-state index in [1.165, 1.54) is 18.5 Å². The Bertz CT molecular complexity index is 656. The summed E-state index contributed by atoms with van der Waals surface area (Å²) >= 11 is 0. The summed E-state index contributed by atoms with van der Waals surface area (Å²) < 4.78 is 0. The Morgan fingerprint density at radius 3 is 2.71 bits per heavy atom. The van der Waals surface area contributed by atoms with Gasteiger partial charge in [-0.25, -0.2) is 14.6 Å². The summed E-state index contributed by atoms with van der Waals surface area (Å²) in [6, 6.07) is 2.65. The highest BCUT2D eigenvalue weighted by molar-refractivity contribution is 5.93. The highest BCUT2D eigenvalue weighted by Gasteiger charge is 2.14. The lowest BCUT2D eigenvalue weighted by Crippen LogP contribution is -2.31. The lowest BCUT2D eigenvalue weighted by Gasteiger charge is -2.13. The fourth-order valence-corrected chi connectivity index (χ4v) is 1.62. The molecule has 1 atom stereocenters. The fourth-order valence-electron chi connectivity index (χ4n) is 1.62. The van der Waals surface area contributed by atoms with Crippen molar-refractivity contribution in [2.45, 2.75) is 13.0 Å². The van der Waals surface area contributed by atoms with Crippen molar-refractivity contribution in [2.75, 3.05) is 5.32 Å². The van der Waals surface area contributed by atoms with Crippen molar-refractivity contribution in [3.05, 3.63) is 35.9 Å². The standard InChI is InChI=1S/C12H13N5O4/c1-6(10-13-5-14-17-10)15-12(21)16-8-3-2-7(11(19)20)4-9(8)18/h2-6,18H,1H3,(H,19,20)(H,13,14,17)(H2,15,16,21). The van der Waals surface area contributed by atoms with E-state index in [0.717, 1.165) is 6.07 Å². The van der Waals surface area contributed by atoms with Crippen LogP contribution >= 0.6 is 0 Å². The van der Waals surface area contributed by atoms with E-state index in [1.807, 2.05) is 0 Å². The minimum absolute atomic E-state index is 0.0755. The molecule has 0 aliphatic carbocycles. The number of aromatic hydroxyl groups is 1. The highest BCUT2D eigenvalue weighted by atomic mass is 16.4. The molecule has 0 saturated carbocycles. The van der Waals surface area contributed by atoms with Crippen molar-refractivity contribution < 1.29 is 19.8 Å². The summed E-state index contributed by atoms with van der Waals surface area (Å²) in [5, 5.41) is 29.7. The van der Waals surface area contributed by atoms with Crippen LogP contribution in [0.2, 0.25) is 0 Å². The van der Waals surface area contributed by atoms with Crippen molar-refractivity contribution >= 4 is 17.7 Å². The van der Waals surface area contributed by atoms with Gasteiger partial charge in [0.2, 0.25) is 0 Å². The van der Waals surface area contributed by atoms with Gasteiger partial charge < -0.3 is 20.8 Å². The zero-order valence-electron chi connectivity index (χ0n) is 11.0. The third-order valence-electron chi connectivity index (χ3n) is 2.68. The van der Waals surface area contributed by atoms with Gasteiger partial charge in [0, 0.05) is 0 Å². The molecule has 0 fully saturated rings. The maximum Gasteiger partial charge on any atom is 0.335 e. The first kappa shape index (κ1) is 14.3. The lowest BCUT2D eigenvalue weighted by atomic mass is 10.2. The van der Waals surface area contributed by atoms with Crippen LogP contribution in [0.1, 0.15) is 29.1 Å². The first-order chi connectivity index (χ1) is 9.97. The summed E-state index contributed by atoms with van der Waals surface area (Å²) in [4.78, 5) is 26.4. The van der Waals surface area contributed by atoms with Gasteiger partial charge in [0.15, 0.2) is 0 Å². The molecule has 21 heavy (non-hydrogen) atoms. The Labute approximate surface area is 119 Å². The largest absolute Gasteiger partial charge is 0.506 e. The van der Waals surface area contributed by atoms with Crippen molar-refractivity contribution in [1.29, 1.82) is 0 Å². The highest BCUT2D eigenvalue weighted by Crippen LogP contribution is 2.24. The van der Waals surface area contributed by atoms with Crippen LogP contribution in [0.4, 0.5) is 10.5 Å². The Hall–Kier alpha value is -3.10. The Morgan fingerprint density at radius 2 is 2.14 bits per heavy atom. The predicted molar refractivity (Wildman–Crippen MR) is 72.0 cm³/mol. The van der Waals surface area contributed by atoms with Crippen LogP contribution in [0.5, 0.6) is 5.75 Å². The number of rotatable bonds is 4. The molecule has 1 aromatic carbocycles. The van der Waals surface area contributed by atoms with Crippen LogP contribution in [0.15, 0.2) is 24.5 Å². The average molecular weight is 291 g/mol. The van der Waals surface area contributed by atoms with E-state index in [1.54, 1.807) is 6.92 Å². The molecule has 2 rings (SSSR count). The number of anilines is 1. The zero-order chi connectivity index (χ0) is 15.4. The van der Waals surface area contributed by atoms with Gasteiger partial charge in [-0.15, -0.1) is 0 Å². The molecular formula is C12H13N5O4. The van der Waals surface area contributed by atoms with Crippen molar-refractivity contribution in [1.82, 2.24) is 20.5 Å². The number of aromatic amines is 1. The minimum atomic E-state index is -1.17. The molecule has 0 saturated heterocycles. The molecule has 2 aromatic rings. The van der Waals surface area contributed by atoms with E-state index in [4.69, 9.17) is 5.11 Å². The maximum atomic E-state index is 11.8. The van der Waals surface area contributed by atoms with E-state index in [0.29, 0.717) is 5.82 Å². The smallest absolute Gasteiger partial charge is 0.335 e. The number of phenolic OH excluding ortho intramolecular Hbond substituents is 1. The Balaban J connectivity index is 2.01. The molecule has 0 aliphatic heterocycles. The molecular weight excluding hydrogens is 278 g/mol. The molecule has 1 heterocycles. The second kappa shape index (κ2) is 5.90. The summed E-state index contributed by atoms with van der Waals surface area (Å²) in [6.45, 7) is 1.70. The number of hydrogen-bond donors (Lipinski definition) is 5. The number of carboxylic acid groups (broad SMARTS) is 1. The predicted octanol–water partition coefficient (Wildman–Crippen LogP) is 1.09. The second-order valence-electron chi connectivity index (χ2n) is 4.23. The van der Waals surface area contributed by atoms with Gasteiger partial charge in [-0.2, -0.15) is 5.10 Å². The number of phenols is 1. The van der Waals surface area contributed by atoms with E-state index in [2.05, 4.69) is 25.8 Å². The molecule has 1 unspecified atom stereocenters.